The van der Waals surface area contributed by atoms with Crippen LogP contribution in [0.1, 0.15) is 46.2 Å². The minimum Gasteiger partial charge on any atom is -0.350 e. The standard InChI is InChI=1S/C24H26ClFN4O/c1-16-23(17(2)30(28-16)19-11-9-18(26)10-12-19)24(31)27-15-22(29-13-5-6-14-29)20-7-3-4-8-21(20)25/h3-4,7-12,22H,5-6,13-15H2,1-2H3,(H,27,31). The Hall–Kier alpha value is -2.70. The molecule has 0 bridgehead atoms. The van der Waals surface area contributed by atoms with Crippen LogP contribution in [-0.2, 0) is 0 Å². The van der Waals surface area contributed by atoms with Crippen molar-refractivity contribution in [2.45, 2.75) is 32.7 Å². The van der Waals surface area contributed by atoms with Crippen molar-refractivity contribution in [1.82, 2.24) is 20.0 Å². The zero-order valence-electron chi connectivity index (χ0n) is 17.7. The van der Waals surface area contributed by atoms with Gasteiger partial charge in [-0.2, -0.15) is 5.10 Å². The van der Waals surface area contributed by atoms with Crippen molar-refractivity contribution >= 4 is 17.5 Å². The number of likely N-dealkylation sites (tertiary alicyclic amines) is 1. The zero-order chi connectivity index (χ0) is 22.0. The largest absolute Gasteiger partial charge is 0.350 e. The fourth-order valence-electron chi connectivity index (χ4n) is 4.32. The van der Waals surface area contributed by atoms with Crippen LogP contribution in [-0.4, -0.2) is 40.2 Å². The van der Waals surface area contributed by atoms with Gasteiger partial charge < -0.3 is 5.32 Å². The van der Waals surface area contributed by atoms with E-state index in [1.54, 1.807) is 16.8 Å². The molecule has 1 N–H and O–H groups in total. The number of carbonyl (C=O) groups excluding carboxylic acids is 1. The predicted molar refractivity (Wildman–Crippen MR) is 120 cm³/mol. The van der Waals surface area contributed by atoms with Gasteiger partial charge in [-0.05, 0) is 75.7 Å². The van der Waals surface area contributed by atoms with Crippen LogP contribution in [0.3, 0.4) is 0 Å². The molecule has 1 unspecified atom stereocenters. The van der Waals surface area contributed by atoms with Gasteiger partial charge in [0.1, 0.15) is 5.82 Å². The minimum atomic E-state index is -0.309. The Kier molecular flexibility index (Phi) is 6.39. The molecule has 1 fully saturated rings. The number of benzene rings is 2. The van der Waals surface area contributed by atoms with Crippen LogP contribution in [0.15, 0.2) is 48.5 Å². The number of nitrogens with zero attached hydrogens (tertiary/aromatic N) is 3. The molecule has 0 aliphatic carbocycles. The Morgan fingerprint density at radius 3 is 2.48 bits per heavy atom. The molecule has 162 valence electrons. The average molecular weight is 441 g/mol. The number of carbonyl (C=O) groups is 1. The molecule has 31 heavy (non-hydrogen) atoms. The van der Waals surface area contributed by atoms with Crippen LogP contribution < -0.4 is 5.32 Å². The summed E-state index contributed by atoms with van der Waals surface area (Å²) in [5.41, 5.74) is 3.64. The molecule has 1 aromatic heterocycles. The summed E-state index contributed by atoms with van der Waals surface area (Å²) in [6.07, 6.45) is 2.30. The van der Waals surface area contributed by atoms with Crippen LogP contribution in [0.2, 0.25) is 5.02 Å². The zero-order valence-corrected chi connectivity index (χ0v) is 18.5. The number of nitrogens with one attached hydrogen (secondary N) is 1. The topological polar surface area (TPSA) is 50.2 Å². The average Bonchev–Trinajstić information content (AvgIpc) is 3.38. The number of aromatic nitrogens is 2. The Bertz CT molecular complexity index is 1070. The second-order valence-electron chi connectivity index (χ2n) is 7.92. The molecular weight excluding hydrogens is 415 g/mol. The van der Waals surface area contributed by atoms with Crippen LogP contribution in [0.5, 0.6) is 0 Å². The second-order valence-corrected chi connectivity index (χ2v) is 8.33. The fraction of sp³-hybridized carbons (Fsp3) is 0.333. The molecule has 7 heteroatoms. The normalized spacial score (nSPS) is 15.2. The SMILES string of the molecule is Cc1nn(-c2ccc(F)cc2)c(C)c1C(=O)NCC(c1ccccc1Cl)N1CCCC1. The number of amides is 1. The molecule has 2 heterocycles. The van der Waals surface area contributed by atoms with Crippen LogP contribution in [0.25, 0.3) is 5.69 Å². The third kappa shape index (κ3) is 4.50. The van der Waals surface area contributed by atoms with E-state index in [4.69, 9.17) is 11.6 Å². The van der Waals surface area contributed by atoms with Crippen molar-refractivity contribution < 1.29 is 9.18 Å². The molecule has 2 aromatic carbocycles. The smallest absolute Gasteiger partial charge is 0.255 e. The lowest BCUT2D eigenvalue weighted by Gasteiger charge is -2.29. The number of halogens is 2. The Balaban J connectivity index is 1.56. The van der Waals surface area contributed by atoms with E-state index in [0.29, 0.717) is 28.5 Å². The molecule has 1 amide bonds. The van der Waals surface area contributed by atoms with Crippen molar-refractivity contribution in [1.29, 1.82) is 0 Å². The fourth-order valence-corrected chi connectivity index (χ4v) is 4.58. The third-order valence-electron chi connectivity index (χ3n) is 5.89. The number of rotatable bonds is 6. The summed E-state index contributed by atoms with van der Waals surface area (Å²) in [6, 6.07) is 13.9. The van der Waals surface area contributed by atoms with Gasteiger partial charge in [-0.3, -0.25) is 9.69 Å². The van der Waals surface area contributed by atoms with E-state index in [0.717, 1.165) is 37.2 Å². The van der Waals surface area contributed by atoms with Crippen LogP contribution in [0, 0.1) is 19.7 Å². The van der Waals surface area contributed by atoms with Crippen LogP contribution in [0.4, 0.5) is 4.39 Å². The minimum absolute atomic E-state index is 0.0212. The molecule has 1 saturated heterocycles. The quantitative estimate of drug-likeness (QED) is 0.596. The first-order valence-electron chi connectivity index (χ1n) is 10.5. The maximum absolute atomic E-state index is 13.3. The van der Waals surface area contributed by atoms with Gasteiger partial charge in [0, 0.05) is 11.6 Å². The van der Waals surface area contributed by atoms with Crippen molar-refractivity contribution in [3.8, 4) is 5.69 Å². The Morgan fingerprint density at radius 1 is 1.13 bits per heavy atom. The highest BCUT2D eigenvalue weighted by atomic mass is 35.5. The van der Waals surface area contributed by atoms with Gasteiger partial charge in [0.05, 0.1) is 28.7 Å². The van der Waals surface area contributed by atoms with E-state index >= 15 is 0 Å². The highest BCUT2D eigenvalue weighted by Gasteiger charge is 2.27. The summed E-state index contributed by atoms with van der Waals surface area (Å²) in [6.45, 7) is 6.11. The lowest BCUT2D eigenvalue weighted by molar-refractivity contribution is 0.0936. The van der Waals surface area contributed by atoms with Gasteiger partial charge in [0.25, 0.3) is 5.91 Å². The van der Waals surface area contributed by atoms with Crippen LogP contribution >= 0.6 is 11.6 Å². The summed E-state index contributed by atoms with van der Waals surface area (Å²) in [5.74, 6) is -0.476. The van der Waals surface area contributed by atoms with Gasteiger partial charge in [0.15, 0.2) is 0 Å². The Labute approximate surface area is 186 Å². The molecular formula is C24H26ClFN4O. The molecule has 5 nitrogen and oxygen atoms in total. The van der Waals surface area contributed by atoms with Crippen molar-refractivity contribution in [3.05, 3.63) is 81.9 Å². The number of hydrogen-bond acceptors (Lipinski definition) is 3. The van der Waals surface area contributed by atoms with Gasteiger partial charge in [0.2, 0.25) is 0 Å². The number of hydrogen-bond donors (Lipinski definition) is 1. The summed E-state index contributed by atoms with van der Waals surface area (Å²) in [4.78, 5) is 15.5. The van der Waals surface area contributed by atoms with Gasteiger partial charge in [-0.15, -0.1) is 0 Å². The predicted octanol–water partition coefficient (Wildman–Crippen LogP) is 4.85. The van der Waals surface area contributed by atoms with Crippen molar-refractivity contribution in [2.75, 3.05) is 19.6 Å². The summed E-state index contributed by atoms with van der Waals surface area (Å²) < 4.78 is 15.0. The van der Waals surface area contributed by atoms with Crippen molar-refractivity contribution in [2.24, 2.45) is 0 Å². The third-order valence-corrected chi connectivity index (χ3v) is 6.24. The lowest BCUT2D eigenvalue weighted by atomic mass is 10.0. The first-order valence-corrected chi connectivity index (χ1v) is 10.9. The summed E-state index contributed by atoms with van der Waals surface area (Å²) in [5, 5.41) is 8.33. The van der Waals surface area contributed by atoms with Gasteiger partial charge in [-0.1, -0.05) is 29.8 Å². The lowest BCUT2D eigenvalue weighted by Crippen LogP contribution is -2.37. The van der Waals surface area contributed by atoms with E-state index in [1.165, 1.54) is 12.1 Å². The molecule has 0 spiro atoms. The molecule has 1 atom stereocenters. The Morgan fingerprint density at radius 2 is 1.81 bits per heavy atom. The molecule has 1 aliphatic heterocycles. The molecule has 1 aliphatic rings. The first kappa shape index (κ1) is 21.5. The highest BCUT2D eigenvalue weighted by Crippen LogP contribution is 2.30. The van der Waals surface area contributed by atoms with Crippen molar-refractivity contribution in [3.63, 3.8) is 0 Å². The van der Waals surface area contributed by atoms with Gasteiger partial charge >= 0.3 is 0 Å². The van der Waals surface area contributed by atoms with Gasteiger partial charge in [-0.25, -0.2) is 9.07 Å². The van der Waals surface area contributed by atoms with E-state index in [-0.39, 0.29) is 17.8 Å². The van der Waals surface area contributed by atoms with E-state index in [9.17, 15) is 9.18 Å². The molecule has 0 radical (unpaired) electrons. The summed E-state index contributed by atoms with van der Waals surface area (Å²) >= 11 is 6.48. The highest BCUT2D eigenvalue weighted by molar-refractivity contribution is 6.31. The maximum Gasteiger partial charge on any atom is 0.255 e. The molecule has 4 rings (SSSR count). The second kappa shape index (κ2) is 9.20. The summed E-state index contributed by atoms with van der Waals surface area (Å²) in [7, 11) is 0. The monoisotopic (exact) mass is 440 g/mol. The number of aryl methyl sites for hydroxylation is 1. The maximum atomic E-state index is 13.3. The molecule has 0 saturated carbocycles. The van der Waals surface area contributed by atoms with E-state index in [2.05, 4.69) is 15.3 Å². The first-order chi connectivity index (χ1) is 15.0. The van der Waals surface area contributed by atoms with E-state index < -0.39 is 0 Å². The van der Waals surface area contributed by atoms with E-state index in [1.807, 2.05) is 38.1 Å². The molecule has 3 aromatic rings.